The number of imide groups is 1. The standard InChI is InChI=1S/C36H39N7O6/c1-40-16-25(31-32(35(40)47)38-20-37-31)22-12-28(48-2)26(29(13-22)49-3)17-41-10-8-36(9-11-41)18-42(19-36)23-5-4-21-15-43(34(46)24(21)14-23)27-6-7-30(44)39-33(27)45/h4-5,12-14,16,20,27H,6-11,15,17-19H2,1-3H3,(H,37,38)(H,39,44,45). The molecular formula is C36H39N7O6. The zero-order valence-electron chi connectivity index (χ0n) is 27.9. The third-order valence-corrected chi connectivity index (χ3v) is 10.9. The van der Waals surface area contributed by atoms with Gasteiger partial charge >= 0.3 is 0 Å². The first-order valence-corrected chi connectivity index (χ1v) is 16.7. The summed E-state index contributed by atoms with van der Waals surface area (Å²) in [6.45, 7) is 4.84. The number of rotatable bonds is 7. The molecule has 4 aliphatic heterocycles. The van der Waals surface area contributed by atoms with E-state index in [4.69, 9.17) is 9.47 Å². The van der Waals surface area contributed by atoms with Crippen LogP contribution >= 0.6 is 0 Å². The molecule has 2 aromatic heterocycles. The number of carbonyl (C=O) groups excluding carboxylic acids is 3. The number of nitrogens with one attached hydrogen (secondary N) is 2. The molecule has 0 radical (unpaired) electrons. The highest BCUT2D eigenvalue weighted by Crippen LogP contribution is 2.45. The molecule has 4 aromatic rings. The molecule has 49 heavy (non-hydrogen) atoms. The van der Waals surface area contributed by atoms with Crippen LogP contribution in [0.3, 0.4) is 0 Å². The molecule has 13 nitrogen and oxygen atoms in total. The van der Waals surface area contributed by atoms with Crippen molar-refractivity contribution in [3.8, 4) is 22.6 Å². The number of ether oxygens (including phenoxy) is 2. The van der Waals surface area contributed by atoms with E-state index in [1.165, 1.54) is 6.33 Å². The van der Waals surface area contributed by atoms with Crippen molar-refractivity contribution in [2.45, 2.75) is 44.8 Å². The number of methoxy groups -OCH3 is 2. The summed E-state index contributed by atoms with van der Waals surface area (Å²) in [6, 6.07) is 9.43. The van der Waals surface area contributed by atoms with Crippen LogP contribution in [0.4, 0.5) is 5.69 Å². The predicted molar refractivity (Wildman–Crippen MR) is 182 cm³/mol. The first-order chi connectivity index (χ1) is 23.7. The Hall–Kier alpha value is -5.17. The summed E-state index contributed by atoms with van der Waals surface area (Å²) in [5.74, 6) is 0.639. The minimum Gasteiger partial charge on any atom is -0.496 e. The van der Waals surface area contributed by atoms with E-state index in [1.807, 2.05) is 24.3 Å². The number of amides is 3. The van der Waals surface area contributed by atoms with Gasteiger partial charge in [0.05, 0.1) is 26.1 Å². The molecule has 4 aliphatic rings. The third-order valence-electron chi connectivity index (χ3n) is 10.9. The molecule has 3 saturated heterocycles. The Labute approximate surface area is 282 Å². The van der Waals surface area contributed by atoms with E-state index < -0.39 is 6.04 Å². The number of hydrogen-bond donors (Lipinski definition) is 2. The molecule has 6 heterocycles. The Kier molecular flexibility index (Phi) is 7.47. The van der Waals surface area contributed by atoms with Crippen molar-refractivity contribution in [3.05, 3.63) is 69.9 Å². The maximum Gasteiger partial charge on any atom is 0.276 e. The maximum absolute atomic E-state index is 13.3. The lowest BCUT2D eigenvalue weighted by Crippen LogP contribution is -2.60. The van der Waals surface area contributed by atoms with Gasteiger partial charge < -0.3 is 28.8 Å². The predicted octanol–water partition coefficient (Wildman–Crippen LogP) is 2.81. The second-order valence-electron chi connectivity index (χ2n) is 13.8. The van der Waals surface area contributed by atoms with Crippen LogP contribution in [0.5, 0.6) is 11.5 Å². The summed E-state index contributed by atoms with van der Waals surface area (Å²) in [4.78, 5) is 63.7. The molecule has 2 N–H and O–H groups in total. The van der Waals surface area contributed by atoms with Crippen molar-refractivity contribution in [3.63, 3.8) is 0 Å². The van der Waals surface area contributed by atoms with Crippen molar-refractivity contribution < 1.29 is 23.9 Å². The van der Waals surface area contributed by atoms with Crippen molar-refractivity contribution in [1.82, 2.24) is 29.7 Å². The fraction of sp³-hybridized carbons (Fsp3) is 0.417. The van der Waals surface area contributed by atoms with E-state index in [1.54, 1.807) is 36.9 Å². The maximum atomic E-state index is 13.3. The SMILES string of the molecule is COc1cc(-c2cn(C)c(=O)c3[nH]cnc23)cc(OC)c1CN1CCC2(CC1)CN(c1ccc3c(c1)C(=O)N(C1CCC(=O)NC1=O)C3)C2. The number of likely N-dealkylation sites (tertiary alicyclic amines) is 1. The number of aromatic amines is 1. The third kappa shape index (κ3) is 5.23. The number of carbonyl (C=O) groups is 3. The van der Waals surface area contributed by atoms with E-state index in [0.717, 1.165) is 78.5 Å². The zero-order valence-corrected chi connectivity index (χ0v) is 27.9. The molecule has 8 rings (SSSR count). The molecule has 1 atom stereocenters. The monoisotopic (exact) mass is 665 g/mol. The number of imidazole rings is 1. The van der Waals surface area contributed by atoms with Crippen LogP contribution in [0, 0.1) is 5.41 Å². The second-order valence-corrected chi connectivity index (χ2v) is 13.8. The minimum atomic E-state index is -0.607. The smallest absolute Gasteiger partial charge is 0.276 e. The second kappa shape index (κ2) is 11.8. The van der Waals surface area contributed by atoms with Gasteiger partial charge in [-0.1, -0.05) is 6.07 Å². The number of piperidine rings is 2. The van der Waals surface area contributed by atoms with Crippen LogP contribution < -0.4 is 25.2 Å². The number of anilines is 1. The number of H-pyrrole nitrogens is 1. The molecular weight excluding hydrogens is 626 g/mol. The van der Waals surface area contributed by atoms with Crippen LogP contribution in [0.25, 0.3) is 22.2 Å². The van der Waals surface area contributed by atoms with Crippen molar-refractivity contribution in [2.75, 3.05) is 45.3 Å². The zero-order chi connectivity index (χ0) is 34.0. The molecule has 3 amide bonds. The number of fused-ring (bicyclic) bond motifs is 2. The number of benzene rings is 2. The van der Waals surface area contributed by atoms with Crippen LogP contribution in [-0.4, -0.2) is 88.5 Å². The van der Waals surface area contributed by atoms with Gasteiger partial charge in [0.15, 0.2) is 0 Å². The largest absolute Gasteiger partial charge is 0.496 e. The Morgan fingerprint density at radius 3 is 2.41 bits per heavy atom. The van der Waals surface area contributed by atoms with Gasteiger partial charge in [-0.25, -0.2) is 4.98 Å². The van der Waals surface area contributed by atoms with Gasteiger partial charge in [-0.05, 0) is 67.7 Å². The van der Waals surface area contributed by atoms with Gasteiger partial charge in [0, 0.05) is 68.1 Å². The number of pyridine rings is 1. The lowest BCUT2D eigenvalue weighted by atomic mass is 9.71. The van der Waals surface area contributed by atoms with E-state index in [2.05, 4.69) is 31.2 Å². The number of nitrogens with zero attached hydrogens (tertiary/aromatic N) is 5. The Morgan fingerprint density at radius 1 is 0.980 bits per heavy atom. The summed E-state index contributed by atoms with van der Waals surface area (Å²) < 4.78 is 13.3. The number of hydrogen-bond acceptors (Lipinski definition) is 9. The topological polar surface area (TPSA) is 142 Å². The van der Waals surface area contributed by atoms with Crippen LogP contribution in [0.1, 0.15) is 47.2 Å². The van der Waals surface area contributed by atoms with E-state index in [-0.39, 0.29) is 35.1 Å². The normalized spacial score (nSPS) is 20.5. The molecule has 0 saturated carbocycles. The summed E-state index contributed by atoms with van der Waals surface area (Å²) in [6.07, 6.45) is 6.07. The summed E-state index contributed by atoms with van der Waals surface area (Å²) >= 11 is 0. The number of aryl methyl sites for hydroxylation is 1. The van der Waals surface area contributed by atoms with E-state index in [0.29, 0.717) is 36.1 Å². The Morgan fingerprint density at radius 2 is 1.71 bits per heavy atom. The van der Waals surface area contributed by atoms with Crippen LogP contribution in [-0.2, 0) is 29.7 Å². The highest BCUT2D eigenvalue weighted by atomic mass is 16.5. The minimum absolute atomic E-state index is 0.134. The molecule has 0 bridgehead atoms. The van der Waals surface area contributed by atoms with Gasteiger partial charge in [-0.3, -0.25) is 29.4 Å². The van der Waals surface area contributed by atoms with Crippen molar-refractivity contribution in [1.29, 1.82) is 0 Å². The average Bonchev–Trinajstić information content (AvgIpc) is 3.71. The van der Waals surface area contributed by atoms with Crippen LogP contribution in [0.15, 0.2) is 47.7 Å². The van der Waals surface area contributed by atoms with Crippen molar-refractivity contribution >= 4 is 34.4 Å². The summed E-state index contributed by atoms with van der Waals surface area (Å²) in [5.41, 5.74) is 6.42. The quantitative estimate of drug-likeness (QED) is 0.285. The molecule has 13 heteroatoms. The Balaban J connectivity index is 0.925. The molecule has 0 aliphatic carbocycles. The first kappa shape index (κ1) is 31.1. The molecule has 1 unspecified atom stereocenters. The first-order valence-electron chi connectivity index (χ1n) is 16.7. The average molecular weight is 666 g/mol. The highest BCUT2D eigenvalue weighted by molar-refractivity contribution is 6.05. The molecule has 2 aromatic carbocycles. The summed E-state index contributed by atoms with van der Waals surface area (Å²) in [5, 5.41) is 2.37. The highest BCUT2D eigenvalue weighted by Gasteiger charge is 2.46. The molecule has 254 valence electrons. The van der Waals surface area contributed by atoms with Gasteiger partial charge in [0.25, 0.3) is 11.5 Å². The van der Waals surface area contributed by atoms with Crippen molar-refractivity contribution in [2.24, 2.45) is 12.5 Å². The lowest BCUT2D eigenvalue weighted by molar-refractivity contribution is -0.136. The van der Waals surface area contributed by atoms with Gasteiger partial charge in [-0.2, -0.15) is 0 Å². The fourth-order valence-electron chi connectivity index (χ4n) is 8.07. The van der Waals surface area contributed by atoms with Gasteiger partial charge in [0.2, 0.25) is 11.8 Å². The fourth-order valence-corrected chi connectivity index (χ4v) is 8.07. The Bertz CT molecular complexity index is 2040. The van der Waals surface area contributed by atoms with Gasteiger partial charge in [0.1, 0.15) is 28.6 Å². The molecule has 1 spiro atoms. The lowest BCUT2D eigenvalue weighted by Gasteiger charge is -2.55. The summed E-state index contributed by atoms with van der Waals surface area (Å²) in [7, 11) is 5.06. The van der Waals surface area contributed by atoms with Crippen LogP contribution in [0.2, 0.25) is 0 Å². The van der Waals surface area contributed by atoms with E-state index >= 15 is 0 Å². The van der Waals surface area contributed by atoms with E-state index in [9.17, 15) is 19.2 Å². The molecule has 3 fully saturated rings. The van der Waals surface area contributed by atoms with Gasteiger partial charge in [-0.15, -0.1) is 0 Å². The number of aromatic nitrogens is 3.